The van der Waals surface area contributed by atoms with Crippen molar-refractivity contribution in [3.8, 4) is 0 Å². The number of benzene rings is 1. The summed E-state index contributed by atoms with van der Waals surface area (Å²) in [5.41, 5.74) is 22.5. The summed E-state index contributed by atoms with van der Waals surface area (Å²) in [5.74, 6) is 0. The largest absolute Gasteiger partial charge is 0.398 e. The van der Waals surface area contributed by atoms with Crippen molar-refractivity contribution in [2.75, 3.05) is 0 Å². The van der Waals surface area contributed by atoms with Crippen LogP contribution >= 0.6 is 0 Å². The minimum absolute atomic E-state index is 0.0439. The molecule has 1 aliphatic carbocycles. The van der Waals surface area contributed by atoms with Gasteiger partial charge in [0.2, 0.25) is 0 Å². The van der Waals surface area contributed by atoms with Crippen molar-refractivity contribution in [3.05, 3.63) is 65.3 Å². The third kappa shape index (κ3) is 5.70. The van der Waals surface area contributed by atoms with Crippen LogP contribution in [0, 0.1) is 0 Å². The summed E-state index contributed by atoms with van der Waals surface area (Å²) >= 11 is 0. The first kappa shape index (κ1) is 19.2. The standard InChI is InChI=1S/C18H25N3.C2H6/c1-2-6-14(16-12-15(19)9-10-17(16)20)11-18(21)13-7-4-3-5-8-13;1-2/h3-8,11-12,15,17H,2,9-10,19-21H2,1H3;1-2H3/b14-6+,18-11-;. The fourth-order valence-corrected chi connectivity index (χ4v) is 2.64. The van der Waals surface area contributed by atoms with E-state index in [1.807, 2.05) is 50.3 Å². The van der Waals surface area contributed by atoms with Crippen molar-refractivity contribution in [1.82, 2.24) is 0 Å². The van der Waals surface area contributed by atoms with E-state index in [0.29, 0.717) is 0 Å². The van der Waals surface area contributed by atoms with Crippen LogP contribution in [0.3, 0.4) is 0 Å². The third-order valence-electron chi connectivity index (χ3n) is 3.78. The Labute approximate surface area is 140 Å². The SMILES string of the molecule is CC.CC/C=C(\C=C(/N)c1ccccc1)C1=CC(N)CCC1N. The minimum Gasteiger partial charge on any atom is -0.398 e. The second-order valence-electron chi connectivity index (χ2n) is 5.50. The molecule has 6 N–H and O–H groups in total. The Morgan fingerprint density at radius 1 is 1.13 bits per heavy atom. The average Bonchev–Trinajstić information content (AvgIpc) is 2.59. The van der Waals surface area contributed by atoms with Gasteiger partial charge in [0, 0.05) is 17.8 Å². The summed E-state index contributed by atoms with van der Waals surface area (Å²) in [4.78, 5) is 0. The van der Waals surface area contributed by atoms with E-state index in [1.54, 1.807) is 0 Å². The van der Waals surface area contributed by atoms with E-state index in [0.717, 1.165) is 41.7 Å². The zero-order chi connectivity index (χ0) is 17.2. The van der Waals surface area contributed by atoms with Crippen LogP contribution in [0.4, 0.5) is 0 Å². The predicted molar refractivity (Wildman–Crippen MR) is 102 cm³/mol. The number of allylic oxidation sites excluding steroid dienone is 2. The summed E-state index contributed by atoms with van der Waals surface area (Å²) in [6.45, 7) is 6.11. The molecular weight excluding hydrogens is 282 g/mol. The van der Waals surface area contributed by atoms with E-state index >= 15 is 0 Å². The van der Waals surface area contributed by atoms with Gasteiger partial charge in [-0.25, -0.2) is 0 Å². The maximum atomic E-state index is 6.25. The van der Waals surface area contributed by atoms with Gasteiger partial charge in [0.15, 0.2) is 0 Å². The van der Waals surface area contributed by atoms with Gasteiger partial charge in [-0.2, -0.15) is 0 Å². The first-order valence-electron chi connectivity index (χ1n) is 8.57. The fraction of sp³-hybridized carbons (Fsp3) is 0.400. The molecule has 3 nitrogen and oxygen atoms in total. The van der Waals surface area contributed by atoms with Gasteiger partial charge < -0.3 is 17.2 Å². The van der Waals surface area contributed by atoms with Crippen LogP contribution in [0.2, 0.25) is 0 Å². The van der Waals surface area contributed by atoms with Gasteiger partial charge in [0.05, 0.1) is 0 Å². The van der Waals surface area contributed by atoms with Crippen molar-refractivity contribution in [3.63, 3.8) is 0 Å². The molecule has 0 amide bonds. The van der Waals surface area contributed by atoms with Crippen LogP contribution in [0.1, 0.15) is 45.6 Å². The molecule has 0 fully saturated rings. The van der Waals surface area contributed by atoms with Gasteiger partial charge in [-0.1, -0.05) is 63.3 Å². The highest BCUT2D eigenvalue weighted by Gasteiger charge is 2.19. The fourth-order valence-electron chi connectivity index (χ4n) is 2.64. The highest BCUT2D eigenvalue weighted by Crippen LogP contribution is 2.26. The topological polar surface area (TPSA) is 78.1 Å². The van der Waals surface area contributed by atoms with E-state index in [-0.39, 0.29) is 12.1 Å². The second-order valence-corrected chi connectivity index (χ2v) is 5.50. The Kier molecular flexibility index (Phi) is 8.38. The molecule has 1 aromatic rings. The Morgan fingerprint density at radius 2 is 1.78 bits per heavy atom. The van der Waals surface area contributed by atoms with Gasteiger partial charge in [0.25, 0.3) is 0 Å². The molecule has 0 radical (unpaired) electrons. The quantitative estimate of drug-likeness (QED) is 0.741. The predicted octanol–water partition coefficient (Wildman–Crippen LogP) is 3.72. The van der Waals surface area contributed by atoms with Crippen molar-refractivity contribution >= 4 is 5.70 Å². The molecule has 2 unspecified atom stereocenters. The monoisotopic (exact) mass is 313 g/mol. The molecule has 0 heterocycles. The maximum absolute atomic E-state index is 6.25. The van der Waals surface area contributed by atoms with Gasteiger partial charge in [-0.15, -0.1) is 0 Å². The number of rotatable bonds is 4. The molecule has 3 heteroatoms. The van der Waals surface area contributed by atoms with Crippen molar-refractivity contribution < 1.29 is 0 Å². The van der Waals surface area contributed by atoms with E-state index in [9.17, 15) is 0 Å². The number of nitrogens with two attached hydrogens (primary N) is 3. The van der Waals surface area contributed by atoms with Crippen LogP contribution < -0.4 is 17.2 Å². The molecule has 2 atom stereocenters. The molecule has 0 spiro atoms. The molecule has 1 aliphatic rings. The van der Waals surface area contributed by atoms with Crippen molar-refractivity contribution in [2.45, 2.75) is 52.1 Å². The van der Waals surface area contributed by atoms with E-state index in [1.165, 1.54) is 0 Å². The molecule has 2 rings (SSSR count). The lowest BCUT2D eigenvalue weighted by molar-refractivity contribution is 0.571. The summed E-state index contributed by atoms with van der Waals surface area (Å²) in [5, 5.41) is 0. The van der Waals surface area contributed by atoms with Gasteiger partial charge in [-0.3, -0.25) is 0 Å². The van der Waals surface area contributed by atoms with Gasteiger partial charge >= 0.3 is 0 Å². The maximum Gasteiger partial charge on any atom is 0.0393 e. The summed E-state index contributed by atoms with van der Waals surface area (Å²) < 4.78 is 0. The van der Waals surface area contributed by atoms with E-state index < -0.39 is 0 Å². The summed E-state index contributed by atoms with van der Waals surface area (Å²) in [6, 6.07) is 10.1. The Morgan fingerprint density at radius 3 is 2.39 bits per heavy atom. The molecule has 23 heavy (non-hydrogen) atoms. The lowest BCUT2D eigenvalue weighted by Gasteiger charge is -2.25. The smallest absolute Gasteiger partial charge is 0.0393 e. The normalized spacial score (nSPS) is 22.0. The number of hydrogen-bond acceptors (Lipinski definition) is 3. The van der Waals surface area contributed by atoms with Crippen LogP contribution in [0.5, 0.6) is 0 Å². The molecule has 0 aromatic heterocycles. The minimum atomic E-state index is 0.0439. The van der Waals surface area contributed by atoms with Crippen LogP contribution in [0.25, 0.3) is 5.70 Å². The zero-order valence-corrected chi connectivity index (χ0v) is 14.6. The summed E-state index contributed by atoms with van der Waals surface area (Å²) in [6.07, 6.45) is 9.08. The first-order valence-corrected chi connectivity index (χ1v) is 8.57. The molecule has 0 saturated heterocycles. The van der Waals surface area contributed by atoms with Crippen molar-refractivity contribution in [1.29, 1.82) is 0 Å². The molecular formula is C20H31N3. The first-order chi connectivity index (χ1) is 11.1. The van der Waals surface area contributed by atoms with E-state index in [4.69, 9.17) is 17.2 Å². The lowest BCUT2D eigenvalue weighted by Crippen LogP contribution is -2.33. The van der Waals surface area contributed by atoms with Crippen LogP contribution in [-0.4, -0.2) is 12.1 Å². The van der Waals surface area contributed by atoms with Gasteiger partial charge in [-0.05, 0) is 42.0 Å². The van der Waals surface area contributed by atoms with Crippen molar-refractivity contribution in [2.24, 2.45) is 17.2 Å². The second kappa shape index (κ2) is 10.0. The van der Waals surface area contributed by atoms with Crippen LogP contribution in [0.15, 0.2) is 59.7 Å². The molecule has 0 bridgehead atoms. The van der Waals surface area contributed by atoms with E-state index in [2.05, 4.69) is 19.1 Å². The summed E-state index contributed by atoms with van der Waals surface area (Å²) in [7, 11) is 0. The Bertz CT molecular complexity index is 556. The Hall–Kier alpha value is -1.84. The zero-order valence-electron chi connectivity index (χ0n) is 14.6. The average molecular weight is 313 g/mol. The number of hydrogen-bond donors (Lipinski definition) is 3. The third-order valence-corrected chi connectivity index (χ3v) is 3.78. The highest BCUT2D eigenvalue weighted by molar-refractivity contribution is 5.67. The van der Waals surface area contributed by atoms with Gasteiger partial charge in [0.1, 0.15) is 0 Å². The molecule has 0 saturated carbocycles. The molecule has 0 aliphatic heterocycles. The molecule has 1 aromatic carbocycles. The Balaban J connectivity index is 0.00000127. The van der Waals surface area contributed by atoms with Crippen LogP contribution in [-0.2, 0) is 0 Å². The highest BCUT2D eigenvalue weighted by atomic mass is 14.7. The lowest BCUT2D eigenvalue weighted by atomic mass is 9.86. The molecule has 126 valence electrons.